The van der Waals surface area contributed by atoms with Gasteiger partial charge in [0, 0.05) is 11.4 Å². The number of hydrogen-bond donors (Lipinski definition) is 3. The molecule has 11 nitrogen and oxygen atoms in total. The fourth-order valence-corrected chi connectivity index (χ4v) is 5.69. The van der Waals surface area contributed by atoms with E-state index in [4.69, 9.17) is 39.5 Å². The third-order valence-corrected chi connectivity index (χ3v) is 7.28. The molecule has 41 heavy (non-hydrogen) atoms. The Bertz CT molecular complexity index is 1770. The lowest BCUT2D eigenvalue weighted by Crippen LogP contribution is -2.39. The number of carbonyl (C=O) groups excluding carboxylic acids is 1. The molecular weight excluding hydrogens is 615 g/mol. The maximum atomic E-state index is 13.2. The molecule has 0 atom stereocenters. The molecule has 4 rings (SSSR count). The van der Waals surface area contributed by atoms with E-state index in [0.717, 1.165) is 0 Å². The largest absolute Gasteiger partial charge is 0.443 e. The van der Waals surface area contributed by atoms with Gasteiger partial charge in [-0.2, -0.15) is 13.5 Å². The van der Waals surface area contributed by atoms with Crippen molar-refractivity contribution in [2.45, 2.75) is 52.6 Å². The van der Waals surface area contributed by atoms with Crippen molar-refractivity contribution in [1.82, 2.24) is 24.5 Å². The standard InChI is InChI=1S/C26H27Cl3N6O5S/c1-13(2)21-20-23(35(32-21)22-17(28)11-15(27)12-18(22)29)30-19(31-24(20)36)10-14-6-8-16(9-7-14)33-41(38,39)34-25(37)40-26(3,4)5/h6-9,11-13,33H,10H2,1-5H3,(H,34,37)(H,30,31,36). The van der Waals surface area contributed by atoms with Gasteiger partial charge < -0.3 is 9.72 Å². The van der Waals surface area contributed by atoms with Crippen molar-refractivity contribution < 1.29 is 17.9 Å². The summed E-state index contributed by atoms with van der Waals surface area (Å²) in [5, 5.41) is 5.77. The Morgan fingerprint density at radius 2 is 1.71 bits per heavy atom. The topological polar surface area (TPSA) is 148 Å². The van der Waals surface area contributed by atoms with Crippen LogP contribution in [0.1, 0.15) is 57.6 Å². The van der Waals surface area contributed by atoms with Crippen LogP contribution in [-0.4, -0.2) is 39.9 Å². The number of carbonyl (C=O) groups is 1. The molecule has 2 aromatic carbocycles. The SMILES string of the molecule is CC(C)c1nn(-c2c(Cl)cc(Cl)cc2Cl)c2nc(Cc3ccc(NS(=O)(=O)NC(=O)OC(C)(C)C)cc3)[nH]c(=O)c12. The molecule has 0 radical (unpaired) electrons. The van der Waals surface area contributed by atoms with Crippen molar-refractivity contribution >= 4 is 67.8 Å². The fraction of sp³-hybridized carbons (Fsp3) is 0.308. The fourth-order valence-electron chi connectivity index (χ4n) is 3.95. The maximum Gasteiger partial charge on any atom is 0.422 e. The average molecular weight is 642 g/mol. The van der Waals surface area contributed by atoms with Crippen LogP contribution < -0.4 is 15.0 Å². The number of nitrogens with one attached hydrogen (secondary N) is 3. The highest BCUT2D eigenvalue weighted by molar-refractivity contribution is 7.91. The number of fused-ring (bicyclic) bond motifs is 1. The third kappa shape index (κ3) is 7.31. The minimum Gasteiger partial charge on any atom is -0.443 e. The number of rotatable bonds is 7. The Balaban J connectivity index is 1.63. The first-order valence-corrected chi connectivity index (χ1v) is 14.9. The first-order valence-electron chi connectivity index (χ1n) is 12.3. The van der Waals surface area contributed by atoms with Crippen LogP contribution in [0.3, 0.4) is 0 Å². The van der Waals surface area contributed by atoms with Crippen LogP contribution in [0.2, 0.25) is 15.1 Å². The molecule has 0 unspecified atom stereocenters. The van der Waals surface area contributed by atoms with E-state index in [1.165, 1.54) is 28.9 Å². The summed E-state index contributed by atoms with van der Waals surface area (Å²) in [6.45, 7) is 8.66. The van der Waals surface area contributed by atoms with Crippen LogP contribution in [0.4, 0.5) is 10.5 Å². The molecule has 15 heteroatoms. The molecule has 1 amide bonds. The van der Waals surface area contributed by atoms with Crippen LogP contribution in [-0.2, 0) is 21.4 Å². The van der Waals surface area contributed by atoms with Gasteiger partial charge in [-0.3, -0.25) is 9.52 Å². The highest BCUT2D eigenvalue weighted by Gasteiger charge is 2.24. The molecule has 0 bridgehead atoms. The number of aromatic nitrogens is 4. The van der Waals surface area contributed by atoms with Gasteiger partial charge in [-0.25, -0.2) is 19.2 Å². The monoisotopic (exact) mass is 640 g/mol. The van der Waals surface area contributed by atoms with Crippen molar-refractivity contribution in [2.24, 2.45) is 0 Å². The zero-order valence-electron chi connectivity index (χ0n) is 22.7. The molecule has 218 valence electrons. The predicted octanol–water partition coefficient (Wildman–Crippen LogP) is 5.96. The lowest BCUT2D eigenvalue weighted by Gasteiger charge is -2.19. The van der Waals surface area contributed by atoms with Gasteiger partial charge in [-0.1, -0.05) is 60.8 Å². The van der Waals surface area contributed by atoms with E-state index in [1.54, 1.807) is 37.6 Å². The van der Waals surface area contributed by atoms with Crippen LogP contribution >= 0.6 is 34.8 Å². The number of H-pyrrole nitrogens is 1. The summed E-state index contributed by atoms with van der Waals surface area (Å²) in [5.41, 5.74) is 0.826. The number of hydrogen-bond acceptors (Lipinski definition) is 7. The second-order valence-electron chi connectivity index (χ2n) is 10.5. The Hall–Kier alpha value is -3.32. The van der Waals surface area contributed by atoms with E-state index in [-0.39, 0.29) is 39.3 Å². The number of anilines is 1. The van der Waals surface area contributed by atoms with E-state index >= 15 is 0 Å². The second kappa shape index (κ2) is 11.5. The summed E-state index contributed by atoms with van der Waals surface area (Å²) in [5.74, 6) is 0.235. The van der Waals surface area contributed by atoms with E-state index in [2.05, 4.69) is 19.8 Å². The van der Waals surface area contributed by atoms with Crippen LogP contribution in [0.25, 0.3) is 16.7 Å². The first-order chi connectivity index (χ1) is 19.0. The summed E-state index contributed by atoms with van der Waals surface area (Å²) < 4.78 is 35.1. The van der Waals surface area contributed by atoms with E-state index in [9.17, 15) is 18.0 Å². The Morgan fingerprint density at radius 3 is 2.27 bits per heavy atom. The smallest absolute Gasteiger partial charge is 0.422 e. The molecule has 0 saturated heterocycles. The summed E-state index contributed by atoms with van der Waals surface area (Å²) in [7, 11) is -4.23. The molecule has 4 aromatic rings. The molecule has 0 fully saturated rings. The molecule has 0 aliphatic rings. The normalized spacial score (nSPS) is 12.1. The predicted molar refractivity (Wildman–Crippen MR) is 160 cm³/mol. The van der Waals surface area contributed by atoms with Crippen LogP contribution in [0.15, 0.2) is 41.2 Å². The van der Waals surface area contributed by atoms with Crippen molar-refractivity contribution in [3.63, 3.8) is 0 Å². The average Bonchev–Trinajstić information content (AvgIpc) is 3.18. The minimum absolute atomic E-state index is 0.0986. The summed E-state index contributed by atoms with van der Waals surface area (Å²) in [6.07, 6.45) is -0.897. The van der Waals surface area contributed by atoms with E-state index in [0.29, 0.717) is 33.2 Å². The second-order valence-corrected chi connectivity index (χ2v) is 13.1. The quantitative estimate of drug-likeness (QED) is 0.225. The van der Waals surface area contributed by atoms with Crippen molar-refractivity contribution in [1.29, 1.82) is 0 Å². The Morgan fingerprint density at radius 1 is 1.10 bits per heavy atom. The number of benzene rings is 2. The van der Waals surface area contributed by atoms with Crippen molar-refractivity contribution in [3.05, 3.63) is 78.9 Å². The minimum atomic E-state index is -4.23. The summed E-state index contributed by atoms with van der Waals surface area (Å²) in [6, 6.07) is 9.38. The van der Waals surface area contributed by atoms with Gasteiger partial charge in [0.15, 0.2) is 5.65 Å². The molecule has 0 aliphatic heterocycles. The Kier molecular flexibility index (Phi) is 8.60. The zero-order chi connectivity index (χ0) is 30.3. The van der Waals surface area contributed by atoms with Gasteiger partial charge in [0.2, 0.25) is 0 Å². The highest BCUT2D eigenvalue weighted by atomic mass is 35.5. The van der Waals surface area contributed by atoms with Gasteiger partial charge >= 0.3 is 16.3 Å². The molecular formula is C26H27Cl3N6O5S. The molecule has 0 aliphatic carbocycles. The molecule has 0 spiro atoms. The zero-order valence-corrected chi connectivity index (χ0v) is 25.8. The van der Waals surface area contributed by atoms with Gasteiger partial charge in [-0.15, -0.1) is 0 Å². The first kappa shape index (κ1) is 30.6. The summed E-state index contributed by atoms with van der Waals surface area (Å²) >= 11 is 19.0. The van der Waals surface area contributed by atoms with Crippen LogP contribution in [0, 0.1) is 0 Å². The van der Waals surface area contributed by atoms with Gasteiger partial charge in [-0.05, 0) is 56.5 Å². The number of halogens is 3. The molecule has 2 aromatic heterocycles. The third-order valence-electron chi connectivity index (χ3n) is 5.55. The number of aromatic amines is 1. The number of nitrogens with zero attached hydrogens (tertiary/aromatic N) is 3. The highest BCUT2D eigenvalue weighted by Crippen LogP contribution is 2.34. The van der Waals surface area contributed by atoms with Gasteiger partial charge in [0.1, 0.15) is 22.5 Å². The lowest BCUT2D eigenvalue weighted by molar-refractivity contribution is 0.0570. The lowest BCUT2D eigenvalue weighted by atomic mass is 10.1. The summed E-state index contributed by atoms with van der Waals surface area (Å²) in [4.78, 5) is 32.5. The molecule has 2 heterocycles. The maximum absolute atomic E-state index is 13.2. The van der Waals surface area contributed by atoms with Crippen molar-refractivity contribution in [3.8, 4) is 5.69 Å². The van der Waals surface area contributed by atoms with Gasteiger partial charge in [0.25, 0.3) is 5.56 Å². The van der Waals surface area contributed by atoms with E-state index in [1.807, 2.05) is 13.8 Å². The number of amides is 1. The van der Waals surface area contributed by atoms with E-state index < -0.39 is 21.9 Å². The van der Waals surface area contributed by atoms with Gasteiger partial charge in [0.05, 0.1) is 21.4 Å². The van der Waals surface area contributed by atoms with Crippen molar-refractivity contribution in [2.75, 3.05) is 4.72 Å². The number of ether oxygens (including phenoxy) is 1. The molecule has 0 saturated carbocycles. The Labute approximate surface area is 251 Å². The van der Waals surface area contributed by atoms with Crippen LogP contribution in [0.5, 0.6) is 0 Å². The molecule has 3 N–H and O–H groups in total.